The molecule has 0 aliphatic heterocycles. The molecule has 1 aromatic rings. The molecule has 1 rings (SSSR count). The summed E-state index contributed by atoms with van der Waals surface area (Å²) >= 11 is 5.87. The molecule has 0 radical (unpaired) electrons. The summed E-state index contributed by atoms with van der Waals surface area (Å²) in [6.07, 6.45) is 0.643. The van der Waals surface area contributed by atoms with Gasteiger partial charge in [0.25, 0.3) is 0 Å². The maximum atomic E-state index is 11.4. The van der Waals surface area contributed by atoms with E-state index in [4.69, 9.17) is 11.6 Å². The van der Waals surface area contributed by atoms with E-state index in [1.165, 1.54) is 6.92 Å². The van der Waals surface area contributed by atoms with E-state index in [0.717, 1.165) is 5.56 Å². The van der Waals surface area contributed by atoms with Crippen molar-refractivity contribution in [2.45, 2.75) is 32.7 Å². The van der Waals surface area contributed by atoms with E-state index < -0.39 is 0 Å². The Morgan fingerprint density at radius 1 is 1.41 bits per heavy atom. The van der Waals surface area contributed by atoms with E-state index in [1.807, 2.05) is 31.2 Å². The molecule has 0 aliphatic rings. The second kappa shape index (κ2) is 6.40. The second-order valence-electron chi connectivity index (χ2n) is 4.18. The van der Waals surface area contributed by atoms with Crippen LogP contribution in [0.15, 0.2) is 24.3 Å². The van der Waals surface area contributed by atoms with Crippen LogP contribution in [0.1, 0.15) is 25.8 Å². The molecule has 1 unspecified atom stereocenters. The number of Topliss-reactive ketones (excluding diaryl/α,β-unsaturated/α-hetero) is 1. The van der Waals surface area contributed by atoms with Crippen molar-refractivity contribution in [2.24, 2.45) is 0 Å². The molecular formula is C13H16ClNO2. The summed E-state index contributed by atoms with van der Waals surface area (Å²) in [5, 5.41) is 3.46. The van der Waals surface area contributed by atoms with Crippen molar-refractivity contribution in [2.75, 3.05) is 0 Å². The second-order valence-corrected chi connectivity index (χ2v) is 4.62. The van der Waals surface area contributed by atoms with Crippen molar-refractivity contribution in [1.82, 2.24) is 5.32 Å². The number of hydrogen-bond acceptors (Lipinski definition) is 2. The Balaban J connectivity index is 2.47. The van der Waals surface area contributed by atoms with Crippen LogP contribution in [0.3, 0.4) is 0 Å². The third-order valence-electron chi connectivity index (χ3n) is 2.25. The predicted molar refractivity (Wildman–Crippen MR) is 68.1 cm³/mol. The van der Waals surface area contributed by atoms with Crippen LogP contribution in [0.2, 0.25) is 5.02 Å². The van der Waals surface area contributed by atoms with E-state index in [0.29, 0.717) is 11.4 Å². The zero-order valence-corrected chi connectivity index (χ0v) is 10.8. The van der Waals surface area contributed by atoms with Gasteiger partial charge in [0.2, 0.25) is 5.91 Å². The zero-order chi connectivity index (χ0) is 12.8. The first kappa shape index (κ1) is 13.7. The topological polar surface area (TPSA) is 46.2 Å². The fourth-order valence-electron chi connectivity index (χ4n) is 1.62. The molecule has 0 heterocycles. The molecule has 1 atom stereocenters. The van der Waals surface area contributed by atoms with E-state index in [-0.39, 0.29) is 24.2 Å². The maximum Gasteiger partial charge on any atom is 0.227 e. The number of amides is 1. The van der Waals surface area contributed by atoms with Gasteiger partial charge in [0.05, 0.1) is 6.42 Å². The third-order valence-corrected chi connectivity index (χ3v) is 2.48. The van der Waals surface area contributed by atoms with Crippen molar-refractivity contribution < 1.29 is 9.59 Å². The van der Waals surface area contributed by atoms with Gasteiger partial charge >= 0.3 is 0 Å². The molecule has 3 nitrogen and oxygen atoms in total. The van der Waals surface area contributed by atoms with Gasteiger partial charge in [-0.15, -0.1) is 0 Å². The monoisotopic (exact) mass is 253 g/mol. The Labute approximate surface area is 106 Å². The molecule has 0 aromatic heterocycles. The molecule has 92 valence electrons. The maximum absolute atomic E-state index is 11.4. The number of nitrogens with one attached hydrogen (secondary N) is 1. The number of halogens is 1. The molecule has 1 amide bonds. The number of carbonyl (C=O) groups excluding carboxylic acids is 2. The first-order valence-corrected chi connectivity index (χ1v) is 5.88. The highest BCUT2D eigenvalue weighted by Gasteiger charge is 2.09. The van der Waals surface area contributed by atoms with Gasteiger partial charge in [0.1, 0.15) is 5.78 Å². The summed E-state index contributed by atoms with van der Waals surface area (Å²) in [5.74, 6) is -0.357. The van der Waals surface area contributed by atoms with Crippen LogP contribution in [0, 0.1) is 0 Å². The van der Waals surface area contributed by atoms with E-state index in [1.54, 1.807) is 0 Å². The predicted octanol–water partition coefficient (Wildman–Crippen LogP) is 2.37. The van der Waals surface area contributed by atoms with E-state index in [9.17, 15) is 9.59 Å². The van der Waals surface area contributed by atoms with Gasteiger partial charge in [0, 0.05) is 11.1 Å². The number of benzene rings is 1. The molecular weight excluding hydrogens is 238 g/mol. The summed E-state index contributed by atoms with van der Waals surface area (Å²) in [4.78, 5) is 22.1. The zero-order valence-electron chi connectivity index (χ0n) is 10.00. The molecule has 0 spiro atoms. The molecule has 0 aliphatic carbocycles. The molecule has 0 bridgehead atoms. The van der Waals surface area contributed by atoms with Gasteiger partial charge < -0.3 is 5.32 Å². The van der Waals surface area contributed by atoms with Gasteiger partial charge in [-0.3, -0.25) is 9.59 Å². The average Bonchev–Trinajstić information content (AvgIpc) is 2.14. The fraction of sp³-hybridized carbons (Fsp3) is 0.385. The van der Waals surface area contributed by atoms with Crippen LogP contribution in [-0.4, -0.2) is 17.7 Å². The average molecular weight is 254 g/mol. The summed E-state index contributed by atoms with van der Waals surface area (Å²) < 4.78 is 0. The summed E-state index contributed by atoms with van der Waals surface area (Å²) in [6, 6.07) is 7.50. The van der Waals surface area contributed by atoms with Gasteiger partial charge in [-0.1, -0.05) is 23.7 Å². The van der Waals surface area contributed by atoms with Crippen molar-refractivity contribution in [3.63, 3.8) is 0 Å². The van der Waals surface area contributed by atoms with Crippen LogP contribution in [0.25, 0.3) is 0 Å². The van der Waals surface area contributed by atoms with Crippen LogP contribution < -0.4 is 5.32 Å². The number of rotatable bonds is 5. The summed E-state index contributed by atoms with van der Waals surface area (Å²) in [7, 11) is 0. The minimum atomic E-state index is -0.230. The van der Waals surface area contributed by atoms with Crippen LogP contribution >= 0.6 is 11.6 Å². The molecule has 0 fully saturated rings. The van der Waals surface area contributed by atoms with Crippen molar-refractivity contribution >= 4 is 23.3 Å². The van der Waals surface area contributed by atoms with Crippen LogP contribution in [-0.2, 0) is 16.0 Å². The number of hydrogen-bond donors (Lipinski definition) is 1. The van der Waals surface area contributed by atoms with Crippen molar-refractivity contribution in [3.8, 4) is 0 Å². The lowest BCUT2D eigenvalue weighted by Crippen LogP contribution is -2.34. The Morgan fingerprint density at radius 3 is 2.71 bits per heavy atom. The Bertz CT molecular complexity index is 418. The smallest absolute Gasteiger partial charge is 0.227 e. The SMILES string of the molecule is CC(=O)CC(=O)NC(C)Cc1cccc(Cl)c1. The van der Waals surface area contributed by atoms with Crippen LogP contribution in [0.5, 0.6) is 0 Å². The van der Waals surface area contributed by atoms with Gasteiger partial charge in [0.15, 0.2) is 0 Å². The number of ketones is 1. The largest absolute Gasteiger partial charge is 0.353 e. The van der Waals surface area contributed by atoms with E-state index in [2.05, 4.69) is 5.32 Å². The number of carbonyl (C=O) groups is 2. The molecule has 0 saturated carbocycles. The standard InChI is InChI=1S/C13H16ClNO2/c1-9(15-13(17)7-10(2)16)6-11-4-3-5-12(14)8-11/h3-5,8-9H,6-7H2,1-2H3,(H,15,17). The molecule has 4 heteroatoms. The Hall–Kier alpha value is -1.35. The third kappa shape index (κ3) is 5.50. The van der Waals surface area contributed by atoms with E-state index >= 15 is 0 Å². The van der Waals surface area contributed by atoms with Crippen LogP contribution in [0.4, 0.5) is 0 Å². The molecule has 0 saturated heterocycles. The normalized spacial score (nSPS) is 11.9. The minimum absolute atomic E-state index is 0.0136. The highest BCUT2D eigenvalue weighted by molar-refractivity contribution is 6.30. The molecule has 17 heavy (non-hydrogen) atoms. The van der Waals surface area contributed by atoms with Gasteiger partial charge in [-0.05, 0) is 38.0 Å². The Kier molecular flexibility index (Phi) is 5.16. The summed E-state index contributed by atoms with van der Waals surface area (Å²) in [6.45, 7) is 3.31. The lowest BCUT2D eigenvalue weighted by atomic mass is 10.1. The molecule has 1 aromatic carbocycles. The molecule has 1 N–H and O–H groups in total. The first-order valence-electron chi connectivity index (χ1n) is 5.50. The first-order chi connectivity index (χ1) is 7.97. The lowest BCUT2D eigenvalue weighted by molar-refractivity contribution is -0.127. The highest BCUT2D eigenvalue weighted by atomic mass is 35.5. The summed E-state index contributed by atoms with van der Waals surface area (Å²) in [5.41, 5.74) is 1.06. The van der Waals surface area contributed by atoms with Crippen molar-refractivity contribution in [3.05, 3.63) is 34.9 Å². The quantitative estimate of drug-likeness (QED) is 0.819. The Morgan fingerprint density at radius 2 is 2.12 bits per heavy atom. The highest BCUT2D eigenvalue weighted by Crippen LogP contribution is 2.12. The minimum Gasteiger partial charge on any atom is -0.353 e. The van der Waals surface area contributed by atoms with Gasteiger partial charge in [-0.2, -0.15) is 0 Å². The lowest BCUT2D eigenvalue weighted by Gasteiger charge is -2.13. The fourth-order valence-corrected chi connectivity index (χ4v) is 1.83. The van der Waals surface area contributed by atoms with Crippen molar-refractivity contribution in [1.29, 1.82) is 0 Å². The van der Waals surface area contributed by atoms with Gasteiger partial charge in [-0.25, -0.2) is 0 Å².